The van der Waals surface area contributed by atoms with Crippen LogP contribution in [0.15, 0.2) is 55.1 Å². The number of aromatic hydroxyl groups is 1. The average molecular weight is 522 g/mol. The van der Waals surface area contributed by atoms with Crippen LogP contribution in [0.4, 0.5) is 4.79 Å². The van der Waals surface area contributed by atoms with Crippen molar-refractivity contribution in [2.45, 2.75) is 83.6 Å². The number of alkyl carbamates (subject to hydrolysis) is 1. The van der Waals surface area contributed by atoms with Crippen molar-refractivity contribution in [2.24, 2.45) is 0 Å². The minimum Gasteiger partial charge on any atom is -0.508 e. The number of nitrogens with zero attached hydrogens (tertiary/aromatic N) is 1. The molecule has 2 aromatic rings. The predicted octanol–water partition coefficient (Wildman–Crippen LogP) is 4.73. The molecular formula is C30H39N3O5. The van der Waals surface area contributed by atoms with Gasteiger partial charge in [0.05, 0.1) is 0 Å². The summed E-state index contributed by atoms with van der Waals surface area (Å²) in [5, 5.41) is 15.4. The Hall–Kier alpha value is -3.81. The third-order valence-corrected chi connectivity index (χ3v) is 5.98. The fourth-order valence-corrected chi connectivity index (χ4v) is 4.23. The van der Waals surface area contributed by atoms with Crippen molar-refractivity contribution in [1.29, 1.82) is 0 Å². The van der Waals surface area contributed by atoms with Gasteiger partial charge >= 0.3 is 6.09 Å². The quantitative estimate of drug-likeness (QED) is 0.419. The van der Waals surface area contributed by atoms with Crippen LogP contribution >= 0.6 is 0 Å². The number of benzene rings is 2. The van der Waals surface area contributed by atoms with E-state index in [4.69, 9.17) is 4.74 Å². The van der Waals surface area contributed by atoms with Gasteiger partial charge in [0.25, 0.3) is 0 Å². The lowest BCUT2D eigenvalue weighted by atomic mass is 9.98. The van der Waals surface area contributed by atoms with Crippen molar-refractivity contribution >= 4 is 24.0 Å². The lowest BCUT2D eigenvalue weighted by Gasteiger charge is -2.35. The molecule has 3 amide bonds. The molecule has 2 aromatic carbocycles. The molecule has 1 aliphatic carbocycles. The fraction of sp³-hybridized carbons (Fsp3) is 0.433. The van der Waals surface area contributed by atoms with E-state index in [-0.39, 0.29) is 36.1 Å². The number of nitrogens with one attached hydrogen (secondary N) is 2. The second-order valence-corrected chi connectivity index (χ2v) is 11.0. The highest BCUT2D eigenvalue weighted by atomic mass is 16.6. The number of rotatable bonds is 10. The summed E-state index contributed by atoms with van der Waals surface area (Å²) in [7, 11) is 0. The molecule has 3 N–H and O–H groups in total. The first-order valence-corrected chi connectivity index (χ1v) is 13.0. The Labute approximate surface area is 225 Å². The summed E-state index contributed by atoms with van der Waals surface area (Å²) >= 11 is 0. The van der Waals surface area contributed by atoms with Crippen LogP contribution in [0.3, 0.4) is 0 Å². The van der Waals surface area contributed by atoms with Gasteiger partial charge in [0.2, 0.25) is 11.8 Å². The SMILES string of the molecule is C=Cc1cccc(C(C(=O)NC(C)C)N(C(=O)C(Cc2ccc(O)cc2)NC(=O)OC(C)(C)C)C2CC2)c1. The van der Waals surface area contributed by atoms with E-state index in [1.54, 1.807) is 43.9 Å². The number of carbonyl (C=O) groups is 3. The van der Waals surface area contributed by atoms with E-state index in [9.17, 15) is 19.5 Å². The first-order chi connectivity index (χ1) is 17.9. The summed E-state index contributed by atoms with van der Waals surface area (Å²) in [6.07, 6.45) is 2.66. The molecule has 204 valence electrons. The zero-order chi connectivity index (χ0) is 28.0. The van der Waals surface area contributed by atoms with Gasteiger partial charge in [-0.2, -0.15) is 0 Å². The molecule has 8 nitrogen and oxygen atoms in total. The summed E-state index contributed by atoms with van der Waals surface area (Å²) in [5.41, 5.74) is 1.49. The Kier molecular flexibility index (Phi) is 9.20. The molecule has 3 rings (SSSR count). The summed E-state index contributed by atoms with van der Waals surface area (Å²) in [5.74, 6) is -0.565. The van der Waals surface area contributed by atoms with Crippen LogP contribution in [0, 0.1) is 0 Å². The van der Waals surface area contributed by atoms with Gasteiger partial charge in [0.1, 0.15) is 23.4 Å². The van der Waals surface area contributed by atoms with E-state index in [0.29, 0.717) is 5.56 Å². The maximum atomic E-state index is 14.3. The zero-order valence-electron chi connectivity index (χ0n) is 22.9. The molecule has 2 unspecified atom stereocenters. The van der Waals surface area contributed by atoms with Crippen molar-refractivity contribution in [1.82, 2.24) is 15.5 Å². The first-order valence-electron chi connectivity index (χ1n) is 13.0. The second-order valence-electron chi connectivity index (χ2n) is 11.0. The van der Waals surface area contributed by atoms with Crippen molar-refractivity contribution in [3.05, 3.63) is 71.8 Å². The molecule has 0 spiro atoms. The smallest absolute Gasteiger partial charge is 0.408 e. The molecule has 0 aromatic heterocycles. The lowest BCUT2D eigenvalue weighted by molar-refractivity contribution is -0.143. The maximum Gasteiger partial charge on any atom is 0.408 e. The van der Waals surface area contributed by atoms with E-state index in [1.807, 2.05) is 38.1 Å². The normalized spacial score (nSPS) is 14.8. The van der Waals surface area contributed by atoms with Crippen molar-refractivity contribution in [3.63, 3.8) is 0 Å². The summed E-state index contributed by atoms with van der Waals surface area (Å²) < 4.78 is 5.46. The monoisotopic (exact) mass is 521 g/mol. The molecule has 2 atom stereocenters. The number of phenolic OH excluding ortho intramolecular Hbond substituents is 1. The number of amides is 3. The minimum absolute atomic E-state index is 0.101. The summed E-state index contributed by atoms with van der Waals surface area (Å²) in [6.45, 7) is 12.8. The van der Waals surface area contributed by atoms with Gasteiger partial charge in [0.15, 0.2) is 0 Å². The van der Waals surface area contributed by atoms with Gasteiger partial charge in [-0.15, -0.1) is 0 Å². The largest absolute Gasteiger partial charge is 0.508 e. The number of phenols is 1. The Bertz CT molecular complexity index is 1150. The highest BCUT2D eigenvalue weighted by Gasteiger charge is 2.44. The van der Waals surface area contributed by atoms with Gasteiger partial charge in [-0.1, -0.05) is 43.0 Å². The number of hydrogen-bond donors (Lipinski definition) is 3. The summed E-state index contributed by atoms with van der Waals surface area (Å²) in [4.78, 5) is 42.3. The van der Waals surface area contributed by atoms with Crippen LogP contribution in [0.25, 0.3) is 6.08 Å². The van der Waals surface area contributed by atoms with E-state index < -0.39 is 23.8 Å². The average Bonchev–Trinajstić information content (AvgIpc) is 3.66. The van der Waals surface area contributed by atoms with E-state index in [1.165, 1.54) is 12.1 Å². The topological polar surface area (TPSA) is 108 Å². The zero-order valence-corrected chi connectivity index (χ0v) is 22.9. The third kappa shape index (κ3) is 8.10. The Morgan fingerprint density at radius 1 is 1.11 bits per heavy atom. The summed E-state index contributed by atoms with van der Waals surface area (Å²) in [6, 6.07) is 11.7. The Balaban J connectivity index is 2.02. The molecule has 0 saturated heterocycles. The highest BCUT2D eigenvalue weighted by molar-refractivity contribution is 5.93. The standard InChI is InChI=1S/C30H39N3O5/c1-7-20-9-8-10-22(17-20)26(27(35)31-19(2)3)33(23-13-14-23)28(36)25(32-29(37)38-30(4,5)6)18-21-11-15-24(34)16-12-21/h7-12,15-17,19,23,25-26,34H,1,13-14,18H2,2-6H3,(H,31,35)(H,32,37). The maximum absolute atomic E-state index is 14.3. The molecule has 1 saturated carbocycles. The molecule has 0 bridgehead atoms. The van der Waals surface area contributed by atoms with E-state index in [2.05, 4.69) is 17.2 Å². The number of carbonyl (C=O) groups excluding carboxylic acids is 3. The van der Waals surface area contributed by atoms with Crippen LogP contribution in [0.1, 0.15) is 70.2 Å². The van der Waals surface area contributed by atoms with Gasteiger partial charge in [-0.25, -0.2) is 4.79 Å². The molecule has 0 heterocycles. The molecule has 0 radical (unpaired) electrons. The van der Waals surface area contributed by atoms with Crippen LogP contribution in [0.2, 0.25) is 0 Å². The van der Waals surface area contributed by atoms with Gasteiger partial charge in [-0.3, -0.25) is 9.59 Å². The fourth-order valence-electron chi connectivity index (χ4n) is 4.23. The van der Waals surface area contributed by atoms with Gasteiger partial charge in [0, 0.05) is 18.5 Å². The van der Waals surface area contributed by atoms with Crippen LogP contribution in [-0.2, 0) is 20.7 Å². The van der Waals surface area contributed by atoms with Crippen LogP contribution in [-0.4, -0.2) is 51.6 Å². The predicted molar refractivity (Wildman–Crippen MR) is 147 cm³/mol. The minimum atomic E-state index is -0.994. The van der Waals surface area contributed by atoms with Crippen molar-refractivity contribution in [2.75, 3.05) is 0 Å². The molecular weight excluding hydrogens is 482 g/mol. The third-order valence-electron chi connectivity index (χ3n) is 5.98. The van der Waals surface area contributed by atoms with Crippen LogP contribution < -0.4 is 10.6 Å². The van der Waals surface area contributed by atoms with Gasteiger partial charge in [-0.05, 0) is 82.3 Å². The molecule has 1 aliphatic rings. The van der Waals surface area contributed by atoms with Gasteiger partial charge < -0.3 is 25.4 Å². The van der Waals surface area contributed by atoms with E-state index >= 15 is 0 Å². The van der Waals surface area contributed by atoms with E-state index in [0.717, 1.165) is 24.0 Å². The molecule has 1 fully saturated rings. The molecule has 0 aliphatic heterocycles. The Morgan fingerprint density at radius 2 is 1.76 bits per heavy atom. The number of hydrogen-bond acceptors (Lipinski definition) is 5. The van der Waals surface area contributed by atoms with Crippen LogP contribution in [0.5, 0.6) is 5.75 Å². The number of ether oxygens (including phenoxy) is 1. The Morgan fingerprint density at radius 3 is 2.32 bits per heavy atom. The second kappa shape index (κ2) is 12.2. The lowest BCUT2D eigenvalue weighted by Crippen LogP contribution is -2.55. The molecule has 38 heavy (non-hydrogen) atoms. The first kappa shape index (κ1) is 28.8. The molecule has 8 heteroatoms. The highest BCUT2D eigenvalue weighted by Crippen LogP contribution is 2.36. The van der Waals surface area contributed by atoms with Crippen molar-refractivity contribution in [3.8, 4) is 5.75 Å². The van der Waals surface area contributed by atoms with Crippen molar-refractivity contribution < 1.29 is 24.2 Å².